The number of benzene rings is 1. The minimum Gasteiger partial charge on any atom is -0.383 e. The van der Waals surface area contributed by atoms with Crippen LogP contribution in [0.3, 0.4) is 0 Å². The fraction of sp³-hybridized carbons (Fsp3) is 0.429. The van der Waals surface area contributed by atoms with Gasteiger partial charge in [-0.1, -0.05) is 12.1 Å². The Balaban J connectivity index is 1.63. The van der Waals surface area contributed by atoms with Gasteiger partial charge >= 0.3 is 0 Å². The summed E-state index contributed by atoms with van der Waals surface area (Å²) in [4.78, 5) is 21.5. The molecule has 0 saturated carbocycles. The van der Waals surface area contributed by atoms with Crippen molar-refractivity contribution in [3.63, 3.8) is 0 Å². The number of fused-ring (bicyclic) bond motifs is 1. The number of nitrogens with zero attached hydrogens (tertiary/aromatic N) is 3. The molecule has 2 aliphatic heterocycles. The molecule has 3 atom stereocenters. The van der Waals surface area contributed by atoms with Gasteiger partial charge in [-0.2, -0.15) is 0 Å². The molecule has 0 spiro atoms. The number of methoxy groups -OCH3 is 1. The Kier molecular flexibility index (Phi) is 5.18. The quantitative estimate of drug-likeness (QED) is 0.813. The van der Waals surface area contributed by atoms with E-state index < -0.39 is 0 Å². The predicted molar refractivity (Wildman–Crippen MR) is 99.7 cm³/mol. The van der Waals surface area contributed by atoms with Gasteiger partial charge < -0.3 is 14.5 Å². The molecule has 0 bridgehead atoms. The molecule has 6 heteroatoms. The third-order valence-electron chi connectivity index (χ3n) is 5.73. The van der Waals surface area contributed by atoms with E-state index in [1.54, 1.807) is 43.8 Å². The van der Waals surface area contributed by atoms with E-state index in [0.717, 1.165) is 25.2 Å². The van der Waals surface area contributed by atoms with E-state index in [2.05, 4.69) is 9.88 Å². The summed E-state index contributed by atoms with van der Waals surface area (Å²) in [5.74, 6) is 0.418. The fourth-order valence-corrected chi connectivity index (χ4v) is 4.53. The Hall–Kier alpha value is -2.31. The van der Waals surface area contributed by atoms with Crippen LogP contribution in [0.1, 0.15) is 22.0 Å². The van der Waals surface area contributed by atoms with Crippen LogP contribution >= 0.6 is 0 Å². The van der Waals surface area contributed by atoms with E-state index >= 15 is 0 Å². The fourth-order valence-electron chi connectivity index (χ4n) is 4.53. The highest BCUT2D eigenvalue weighted by atomic mass is 19.1. The molecule has 1 aromatic carbocycles. The second-order valence-electron chi connectivity index (χ2n) is 7.37. The molecule has 4 rings (SSSR count). The van der Waals surface area contributed by atoms with Crippen molar-refractivity contribution in [1.82, 2.24) is 14.8 Å². The summed E-state index contributed by atoms with van der Waals surface area (Å²) in [5.41, 5.74) is 1.50. The van der Waals surface area contributed by atoms with Crippen LogP contribution in [0, 0.1) is 17.7 Å². The molecule has 0 aliphatic carbocycles. The molecule has 2 saturated heterocycles. The zero-order chi connectivity index (χ0) is 18.8. The Bertz CT molecular complexity index is 801. The molecule has 5 nitrogen and oxygen atoms in total. The van der Waals surface area contributed by atoms with Crippen molar-refractivity contribution in [3.05, 3.63) is 65.7 Å². The van der Waals surface area contributed by atoms with E-state index in [-0.39, 0.29) is 17.8 Å². The Labute approximate surface area is 158 Å². The zero-order valence-corrected chi connectivity index (χ0v) is 15.4. The van der Waals surface area contributed by atoms with Gasteiger partial charge in [0.25, 0.3) is 5.91 Å². The number of pyridine rings is 1. The maximum absolute atomic E-state index is 13.9. The molecule has 142 valence electrons. The number of hydrogen-bond acceptors (Lipinski definition) is 4. The van der Waals surface area contributed by atoms with Crippen molar-refractivity contribution in [2.24, 2.45) is 11.8 Å². The highest BCUT2D eigenvalue weighted by molar-refractivity contribution is 5.94. The molecule has 2 aromatic rings. The molecule has 2 aliphatic rings. The standard InChI is InChI=1S/C21H24FN3O2/c1-27-10-9-24-12-17-13-25(21(26)15-5-7-23-8-6-15)20(19(17)14-24)16-3-2-4-18(22)11-16/h2-8,11,17,19-20H,9-10,12-14H2,1H3/t17-,19-,20+/m0/s1. The molecule has 1 amide bonds. The van der Waals surface area contributed by atoms with Crippen molar-refractivity contribution in [3.8, 4) is 0 Å². The maximum atomic E-state index is 13.9. The largest absolute Gasteiger partial charge is 0.383 e. The van der Waals surface area contributed by atoms with Gasteiger partial charge in [0, 0.05) is 57.2 Å². The van der Waals surface area contributed by atoms with Crippen molar-refractivity contribution in [2.75, 3.05) is 39.9 Å². The first-order valence-electron chi connectivity index (χ1n) is 9.35. The first-order valence-corrected chi connectivity index (χ1v) is 9.35. The van der Waals surface area contributed by atoms with Gasteiger partial charge in [0.15, 0.2) is 0 Å². The third-order valence-corrected chi connectivity index (χ3v) is 5.73. The van der Waals surface area contributed by atoms with Crippen LogP contribution in [0.15, 0.2) is 48.8 Å². The lowest BCUT2D eigenvalue weighted by Gasteiger charge is -2.30. The highest BCUT2D eigenvalue weighted by Gasteiger charge is 2.49. The SMILES string of the molecule is COCCN1C[C@H]2CN(C(=O)c3ccncc3)[C@H](c3cccc(F)c3)[C@H]2C1. The van der Waals surface area contributed by atoms with Crippen molar-refractivity contribution in [1.29, 1.82) is 0 Å². The summed E-state index contributed by atoms with van der Waals surface area (Å²) in [6, 6.07) is 10.0. The summed E-state index contributed by atoms with van der Waals surface area (Å²) >= 11 is 0. The van der Waals surface area contributed by atoms with Crippen LogP contribution in [0.4, 0.5) is 4.39 Å². The molecule has 1 aromatic heterocycles. The van der Waals surface area contributed by atoms with Gasteiger partial charge in [-0.15, -0.1) is 0 Å². The van der Waals surface area contributed by atoms with Gasteiger partial charge in [0.05, 0.1) is 12.6 Å². The topological polar surface area (TPSA) is 45.7 Å². The molecule has 3 heterocycles. The third kappa shape index (κ3) is 3.59. The van der Waals surface area contributed by atoms with Gasteiger partial charge in [0.1, 0.15) is 5.82 Å². The van der Waals surface area contributed by atoms with Gasteiger partial charge in [-0.3, -0.25) is 9.78 Å². The van der Waals surface area contributed by atoms with Crippen LogP contribution in [0.5, 0.6) is 0 Å². The van der Waals surface area contributed by atoms with Crippen LogP contribution in [0.2, 0.25) is 0 Å². The first-order chi connectivity index (χ1) is 13.2. The number of carbonyl (C=O) groups is 1. The smallest absolute Gasteiger partial charge is 0.254 e. The Morgan fingerprint density at radius 3 is 2.78 bits per heavy atom. The number of amides is 1. The lowest BCUT2D eigenvalue weighted by Crippen LogP contribution is -2.36. The van der Waals surface area contributed by atoms with Crippen molar-refractivity contribution in [2.45, 2.75) is 6.04 Å². The van der Waals surface area contributed by atoms with Crippen LogP contribution < -0.4 is 0 Å². The summed E-state index contributed by atoms with van der Waals surface area (Å²) in [6.07, 6.45) is 3.27. The van der Waals surface area contributed by atoms with Crippen LogP contribution in [-0.4, -0.2) is 60.6 Å². The predicted octanol–water partition coefficient (Wildman–Crippen LogP) is 2.61. The van der Waals surface area contributed by atoms with Gasteiger partial charge in [-0.05, 0) is 35.7 Å². The first kappa shape index (κ1) is 18.1. The van der Waals surface area contributed by atoms with E-state index in [1.165, 1.54) is 6.07 Å². The van der Waals surface area contributed by atoms with Gasteiger partial charge in [0.2, 0.25) is 0 Å². The minimum atomic E-state index is -0.263. The minimum absolute atomic E-state index is 0.00972. The second kappa shape index (κ2) is 7.74. The Morgan fingerprint density at radius 2 is 2.04 bits per heavy atom. The lowest BCUT2D eigenvalue weighted by atomic mass is 9.89. The number of ether oxygens (including phenoxy) is 1. The normalized spacial score (nSPS) is 25.0. The Morgan fingerprint density at radius 1 is 1.22 bits per heavy atom. The van der Waals surface area contributed by atoms with E-state index in [9.17, 15) is 9.18 Å². The van der Waals surface area contributed by atoms with Crippen molar-refractivity contribution < 1.29 is 13.9 Å². The maximum Gasteiger partial charge on any atom is 0.254 e. The van der Waals surface area contributed by atoms with E-state index in [1.807, 2.05) is 11.0 Å². The molecular weight excluding hydrogens is 345 g/mol. The summed E-state index contributed by atoms with van der Waals surface area (Å²) in [6.45, 7) is 4.12. The summed E-state index contributed by atoms with van der Waals surface area (Å²) < 4.78 is 19.1. The highest BCUT2D eigenvalue weighted by Crippen LogP contribution is 2.45. The molecule has 2 fully saturated rings. The average molecular weight is 369 g/mol. The van der Waals surface area contributed by atoms with E-state index in [0.29, 0.717) is 30.6 Å². The number of rotatable bonds is 5. The number of aromatic nitrogens is 1. The second-order valence-corrected chi connectivity index (χ2v) is 7.37. The number of carbonyl (C=O) groups excluding carboxylic acids is 1. The molecular formula is C21H24FN3O2. The molecule has 27 heavy (non-hydrogen) atoms. The summed E-state index contributed by atoms with van der Waals surface area (Å²) in [5, 5.41) is 0. The monoisotopic (exact) mass is 369 g/mol. The molecule has 0 unspecified atom stereocenters. The van der Waals surface area contributed by atoms with Gasteiger partial charge in [-0.25, -0.2) is 4.39 Å². The zero-order valence-electron chi connectivity index (χ0n) is 15.4. The van der Waals surface area contributed by atoms with Crippen LogP contribution in [0.25, 0.3) is 0 Å². The van der Waals surface area contributed by atoms with E-state index in [4.69, 9.17) is 4.74 Å². The lowest BCUT2D eigenvalue weighted by molar-refractivity contribution is 0.0694. The molecule has 0 N–H and O–H groups in total. The van der Waals surface area contributed by atoms with Crippen molar-refractivity contribution >= 4 is 5.91 Å². The molecule has 0 radical (unpaired) electrons. The average Bonchev–Trinajstić information content (AvgIpc) is 3.23. The van der Waals surface area contributed by atoms with Crippen LogP contribution in [-0.2, 0) is 4.74 Å². The number of likely N-dealkylation sites (tertiary alicyclic amines) is 2. The number of hydrogen-bond donors (Lipinski definition) is 0. The summed E-state index contributed by atoms with van der Waals surface area (Å²) in [7, 11) is 1.71. The number of halogens is 1.